The van der Waals surface area contributed by atoms with Gasteiger partial charge in [-0.1, -0.05) is 6.07 Å². The molecule has 0 saturated carbocycles. The summed E-state index contributed by atoms with van der Waals surface area (Å²) in [5.74, 6) is -0.578. The van der Waals surface area contributed by atoms with Crippen LogP contribution in [-0.4, -0.2) is 35.7 Å². The molecule has 1 N–H and O–H groups in total. The zero-order valence-corrected chi connectivity index (χ0v) is 11.2. The largest absolute Gasteiger partial charge is 0.329 e. The summed E-state index contributed by atoms with van der Waals surface area (Å²) in [5.41, 5.74) is 3.56. The molecule has 1 aromatic carbocycles. The molecule has 19 heavy (non-hydrogen) atoms. The number of carbonyl (C=O) groups is 3. The number of amides is 3. The molecule has 1 heterocycles. The van der Waals surface area contributed by atoms with Crippen LogP contribution in [0.5, 0.6) is 0 Å². The zero-order chi connectivity index (χ0) is 14.2. The van der Waals surface area contributed by atoms with Gasteiger partial charge in [-0.25, -0.2) is 4.79 Å². The number of Topliss-reactive ketones (excluding diaryl/α,β-unsaturated/α-hetero) is 1. The molecule has 0 bridgehead atoms. The fourth-order valence-corrected chi connectivity index (χ4v) is 2.11. The van der Waals surface area contributed by atoms with E-state index in [-0.39, 0.29) is 24.8 Å². The molecule has 1 saturated heterocycles. The van der Waals surface area contributed by atoms with Crippen molar-refractivity contribution in [2.75, 3.05) is 13.1 Å². The monoisotopic (exact) mass is 260 g/mol. The number of nitrogens with one attached hydrogen (secondary N) is 1. The van der Waals surface area contributed by atoms with Gasteiger partial charge in [0.05, 0.1) is 13.1 Å². The zero-order valence-electron chi connectivity index (χ0n) is 11.2. The molecule has 5 nitrogen and oxygen atoms in total. The summed E-state index contributed by atoms with van der Waals surface area (Å²) in [6.07, 6.45) is 0. The van der Waals surface area contributed by atoms with Crippen molar-refractivity contribution in [2.24, 2.45) is 0 Å². The first-order chi connectivity index (χ1) is 8.90. The average Bonchev–Trinajstić information content (AvgIpc) is 2.65. The van der Waals surface area contributed by atoms with E-state index < -0.39 is 6.03 Å². The molecule has 1 aliphatic rings. The maximum atomic E-state index is 12.2. The van der Waals surface area contributed by atoms with Crippen LogP contribution in [0.2, 0.25) is 0 Å². The Bertz CT molecular complexity index is 562. The molecule has 1 aliphatic heterocycles. The van der Waals surface area contributed by atoms with Gasteiger partial charge in [-0.2, -0.15) is 0 Å². The number of imide groups is 1. The normalized spacial score (nSPS) is 14.8. The Morgan fingerprint density at radius 2 is 1.79 bits per heavy atom. The molecule has 2 rings (SSSR count). The van der Waals surface area contributed by atoms with Crippen molar-refractivity contribution in [3.05, 3.63) is 34.4 Å². The van der Waals surface area contributed by atoms with E-state index in [1.807, 2.05) is 32.9 Å². The van der Waals surface area contributed by atoms with Gasteiger partial charge >= 0.3 is 6.03 Å². The first-order valence-corrected chi connectivity index (χ1v) is 6.09. The second-order valence-electron chi connectivity index (χ2n) is 4.81. The fourth-order valence-electron chi connectivity index (χ4n) is 2.11. The van der Waals surface area contributed by atoms with Crippen molar-refractivity contribution in [1.29, 1.82) is 0 Å². The Morgan fingerprint density at radius 1 is 1.16 bits per heavy atom. The Hall–Kier alpha value is -2.17. The molecule has 5 heteroatoms. The number of carbonyl (C=O) groups excluding carboxylic acids is 3. The van der Waals surface area contributed by atoms with E-state index in [4.69, 9.17) is 0 Å². The van der Waals surface area contributed by atoms with E-state index in [1.165, 1.54) is 0 Å². The number of ketones is 1. The highest BCUT2D eigenvalue weighted by molar-refractivity contribution is 6.08. The first kappa shape index (κ1) is 13.3. The fraction of sp³-hybridized carbons (Fsp3) is 0.357. The lowest BCUT2D eigenvalue weighted by molar-refractivity contribution is -0.124. The number of aryl methyl sites for hydroxylation is 3. The molecule has 3 amide bonds. The van der Waals surface area contributed by atoms with Gasteiger partial charge < -0.3 is 5.32 Å². The van der Waals surface area contributed by atoms with Gasteiger partial charge in [0.2, 0.25) is 5.91 Å². The van der Waals surface area contributed by atoms with Crippen LogP contribution in [0.1, 0.15) is 27.0 Å². The van der Waals surface area contributed by atoms with Gasteiger partial charge in [-0.3, -0.25) is 14.5 Å². The quantitative estimate of drug-likeness (QED) is 0.659. The number of benzene rings is 1. The second-order valence-corrected chi connectivity index (χ2v) is 4.81. The van der Waals surface area contributed by atoms with Gasteiger partial charge in [0, 0.05) is 5.56 Å². The van der Waals surface area contributed by atoms with E-state index in [2.05, 4.69) is 5.32 Å². The summed E-state index contributed by atoms with van der Waals surface area (Å²) in [4.78, 5) is 36.0. The summed E-state index contributed by atoms with van der Waals surface area (Å²) in [5, 5.41) is 2.40. The number of urea groups is 1. The van der Waals surface area contributed by atoms with Gasteiger partial charge in [-0.15, -0.1) is 0 Å². The molecule has 0 aromatic heterocycles. The summed E-state index contributed by atoms with van der Waals surface area (Å²) in [6.45, 7) is 5.53. The van der Waals surface area contributed by atoms with E-state index in [0.717, 1.165) is 21.6 Å². The third-order valence-electron chi connectivity index (χ3n) is 3.38. The highest BCUT2D eigenvalue weighted by atomic mass is 16.2. The summed E-state index contributed by atoms with van der Waals surface area (Å²) in [6, 6.07) is 3.25. The Labute approximate surface area is 111 Å². The lowest BCUT2D eigenvalue weighted by Gasteiger charge is -2.13. The second kappa shape index (κ2) is 4.84. The number of hydrogen-bond donors (Lipinski definition) is 1. The van der Waals surface area contributed by atoms with Crippen molar-refractivity contribution in [1.82, 2.24) is 10.2 Å². The van der Waals surface area contributed by atoms with Gasteiger partial charge in [0.1, 0.15) is 0 Å². The maximum Gasteiger partial charge on any atom is 0.325 e. The third-order valence-corrected chi connectivity index (χ3v) is 3.38. The average molecular weight is 260 g/mol. The van der Waals surface area contributed by atoms with Gasteiger partial charge in [0.15, 0.2) is 5.78 Å². The van der Waals surface area contributed by atoms with Gasteiger partial charge in [0.25, 0.3) is 0 Å². The summed E-state index contributed by atoms with van der Waals surface area (Å²) in [7, 11) is 0. The molecule has 0 aliphatic carbocycles. The van der Waals surface area contributed by atoms with Crippen LogP contribution < -0.4 is 5.32 Å². The molecule has 0 radical (unpaired) electrons. The van der Waals surface area contributed by atoms with E-state index >= 15 is 0 Å². The van der Waals surface area contributed by atoms with Crippen LogP contribution in [0, 0.1) is 20.8 Å². The smallest absolute Gasteiger partial charge is 0.325 e. The minimum absolute atomic E-state index is 0.0297. The lowest BCUT2D eigenvalue weighted by atomic mass is 9.98. The summed E-state index contributed by atoms with van der Waals surface area (Å²) < 4.78 is 0. The highest BCUT2D eigenvalue weighted by Crippen LogP contribution is 2.16. The van der Waals surface area contributed by atoms with E-state index in [9.17, 15) is 14.4 Å². The van der Waals surface area contributed by atoms with Crippen molar-refractivity contribution < 1.29 is 14.4 Å². The molecule has 0 spiro atoms. The summed E-state index contributed by atoms with van der Waals surface area (Å²) >= 11 is 0. The Kier molecular flexibility index (Phi) is 3.38. The van der Waals surface area contributed by atoms with Crippen LogP contribution >= 0.6 is 0 Å². The van der Waals surface area contributed by atoms with E-state index in [1.54, 1.807) is 0 Å². The number of nitrogens with zero attached hydrogens (tertiary/aromatic N) is 1. The van der Waals surface area contributed by atoms with Crippen LogP contribution in [0.3, 0.4) is 0 Å². The topological polar surface area (TPSA) is 66.5 Å². The van der Waals surface area contributed by atoms with Crippen molar-refractivity contribution in [2.45, 2.75) is 20.8 Å². The Morgan fingerprint density at radius 3 is 2.37 bits per heavy atom. The SMILES string of the molecule is Cc1cc(C)c(C(=O)CN2C(=O)CNC2=O)cc1C. The van der Waals surface area contributed by atoms with Crippen molar-refractivity contribution >= 4 is 17.7 Å². The van der Waals surface area contributed by atoms with Gasteiger partial charge in [-0.05, 0) is 43.5 Å². The molecular formula is C14H16N2O3. The van der Waals surface area contributed by atoms with Crippen LogP contribution in [0.15, 0.2) is 12.1 Å². The molecule has 1 aromatic rings. The molecule has 100 valence electrons. The van der Waals surface area contributed by atoms with Crippen molar-refractivity contribution in [3.63, 3.8) is 0 Å². The van der Waals surface area contributed by atoms with E-state index in [0.29, 0.717) is 5.56 Å². The van der Waals surface area contributed by atoms with Crippen LogP contribution in [0.4, 0.5) is 4.79 Å². The number of hydrogen-bond acceptors (Lipinski definition) is 3. The predicted molar refractivity (Wildman–Crippen MR) is 70.1 cm³/mol. The molecule has 0 atom stereocenters. The lowest BCUT2D eigenvalue weighted by Crippen LogP contribution is -2.36. The third kappa shape index (κ3) is 2.50. The van der Waals surface area contributed by atoms with Crippen molar-refractivity contribution in [3.8, 4) is 0 Å². The van der Waals surface area contributed by atoms with Crippen LogP contribution in [0.25, 0.3) is 0 Å². The van der Waals surface area contributed by atoms with Crippen LogP contribution in [-0.2, 0) is 4.79 Å². The Balaban J connectivity index is 2.23. The molecule has 1 fully saturated rings. The highest BCUT2D eigenvalue weighted by Gasteiger charge is 2.30. The predicted octanol–water partition coefficient (Wildman–Crippen LogP) is 1.35. The standard InChI is InChI=1S/C14H16N2O3/c1-8-4-10(3)11(5-9(8)2)12(17)7-16-13(18)6-15-14(16)19/h4-5H,6-7H2,1-3H3,(H,15,19). The minimum Gasteiger partial charge on any atom is -0.329 e. The number of rotatable bonds is 3. The maximum absolute atomic E-state index is 12.2. The minimum atomic E-state index is -0.500. The molecular weight excluding hydrogens is 244 g/mol. The molecule has 0 unspecified atom stereocenters. The first-order valence-electron chi connectivity index (χ1n) is 6.09.